The van der Waals surface area contributed by atoms with Crippen molar-refractivity contribution in [1.82, 2.24) is 0 Å². The normalized spacial score (nSPS) is 23.2. The zero-order valence-electron chi connectivity index (χ0n) is 9.67. The van der Waals surface area contributed by atoms with Crippen molar-refractivity contribution in [3.63, 3.8) is 0 Å². The first kappa shape index (κ1) is 12.1. The van der Waals surface area contributed by atoms with Gasteiger partial charge in [-0.1, -0.05) is 12.1 Å². The summed E-state index contributed by atoms with van der Waals surface area (Å²) in [7, 11) is 0. The second-order valence-corrected chi connectivity index (χ2v) is 4.30. The highest BCUT2D eigenvalue weighted by molar-refractivity contribution is 5.75. The minimum absolute atomic E-state index is 0.00376. The molecule has 1 aliphatic carbocycles. The molecule has 0 fully saturated rings. The number of nitrogens with zero attached hydrogens (tertiary/aromatic N) is 1. The van der Waals surface area contributed by atoms with Gasteiger partial charge in [0.1, 0.15) is 0 Å². The fourth-order valence-corrected chi connectivity index (χ4v) is 1.97. The molecule has 0 saturated heterocycles. The fourth-order valence-electron chi connectivity index (χ4n) is 1.97. The molecule has 6 N–H and O–H groups in total. The van der Waals surface area contributed by atoms with E-state index in [2.05, 4.69) is 0 Å². The average Bonchev–Trinajstić information content (AvgIpc) is 2.30. The Morgan fingerprint density at radius 3 is 2.33 bits per heavy atom. The average molecular weight is 246 g/mol. The van der Waals surface area contributed by atoms with Crippen LogP contribution in [0.5, 0.6) is 0 Å². The minimum Gasteiger partial charge on any atom is -0.402 e. The molecule has 2 rings (SSSR count). The molecule has 0 radical (unpaired) electrons. The Balaban J connectivity index is 2.52. The van der Waals surface area contributed by atoms with Gasteiger partial charge in [-0.2, -0.15) is 0 Å². The first-order valence-electron chi connectivity index (χ1n) is 5.39. The van der Waals surface area contributed by atoms with Crippen molar-refractivity contribution in [2.24, 2.45) is 11.5 Å². The van der Waals surface area contributed by atoms with Crippen molar-refractivity contribution < 1.29 is 4.92 Å². The Morgan fingerprint density at radius 2 is 1.78 bits per heavy atom. The number of nitro groups is 1. The van der Waals surface area contributed by atoms with Crippen LogP contribution in [0.4, 0.5) is 5.69 Å². The number of hydrogen-bond acceptors (Lipinski definition) is 5. The summed E-state index contributed by atoms with van der Waals surface area (Å²) in [6, 6.07) is 6.78. The molecule has 1 unspecified atom stereocenters. The molecular formula is C12H14N4O2. The zero-order chi connectivity index (χ0) is 13.3. The van der Waals surface area contributed by atoms with E-state index in [-0.39, 0.29) is 6.42 Å². The van der Waals surface area contributed by atoms with Gasteiger partial charge >= 0.3 is 5.66 Å². The predicted molar refractivity (Wildman–Crippen MR) is 69.6 cm³/mol. The molecule has 6 nitrogen and oxygen atoms in total. The zero-order valence-corrected chi connectivity index (χ0v) is 9.67. The highest BCUT2D eigenvalue weighted by atomic mass is 16.6. The fraction of sp³-hybridized carbons (Fsp3) is 0.167. The van der Waals surface area contributed by atoms with Crippen molar-refractivity contribution in [2.45, 2.75) is 12.1 Å². The Hall–Kier alpha value is -2.34. The summed E-state index contributed by atoms with van der Waals surface area (Å²) >= 11 is 0. The van der Waals surface area contributed by atoms with Crippen LogP contribution in [0.1, 0.15) is 12.0 Å². The van der Waals surface area contributed by atoms with Crippen molar-refractivity contribution in [3.05, 3.63) is 57.8 Å². The lowest BCUT2D eigenvalue weighted by Crippen LogP contribution is -2.50. The van der Waals surface area contributed by atoms with Gasteiger partial charge in [0.15, 0.2) is 0 Å². The molecule has 1 aromatic carbocycles. The van der Waals surface area contributed by atoms with Gasteiger partial charge in [0.05, 0.1) is 12.0 Å². The SMILES string of the molecule is NC1=CC=C(c2ccc(N)cc2)C(N)([N+](=O)[O-])C1. The largest absolute Gasteiger partial charge is 0.402 e. The van der Waals surface area contributed by atoms with Gasteiger partial charge in [0.25, 0.3) is 0 Å². The van der Waals surface area contributed by atoms with E-state index in [4.69, 9.17) is 17.2 Å². The highest BCUT2D eigenvalue weighted by Gasteiger charge is 2.44. The van der Waals surface area contributed by atoms with Gasteiger partial charge in [0, 0.05) is 16.3 Å². The first-order chi connectivity index (χ1) is 8.43. The Kier molecular flexibility index (Phi) is 2.80. The molecule has 0 amide bonds. The maximum Gasteiger partial charge on any atom is 0.304 e. The second kappa shape index (κ2) is 4.15. The molecule has 1 aliphatic rings. The van der Waals surface area contributed by atoms with Crippen LogP contribution in [0.15, 0.2) is 42.1 Å². The predicted octanol–water partition coefficient (Wildman–Crippen LogP) is 0.830. The first-order valence-corrected chi connectivity index (χ1v) is 5.39. The lowest BCUT2D eigenvalue weighted by atomic mass is 9.86. The quantitative estimate of drug-likeness (QED) is 0.309. The molecule has 0 heterocycles. The summed E-state index contributed by atoms with van der Waals surface area (Å²) in [5, 5.41) is 11.2. The molecule has 0 aromatic heterocycles. The van der Waals surface area contributed by atoms with Gasteiger partial charge in [-0.05, 0) is 29.8 Å². The van der Waals surface area contributed by atoms with E-state index in [1.165, 1.54) is 0 Å². The number of rotatable bonds is 2. The molecule has 1 atom stereocenters. The second-order valence-electron chi connectivity index (χ2n) is 4.30. The van der Waals surface area contributed by atoms with Gasteiger partial charge in [-0.25, -0.2) is 0 Å². The standard InChI is InChI=1S/C12H14N4O2/c13-9-3-1-8(2-4-9)11-6-5-10(14)7-12(11,15)16(17)18/h1-6H,7,13-15H2. The number of benzene rings is 1. The maximum absolute atomic E-state index is 11.2. The van der Waals surface area contributed by atoms with E-state index in [1.54, 1.807) is 36.4 Å². The number of nitrogens with two attached hydrogens (primary N) is 3. The molecule has 0 aliphatic heterocycles. The summed E-state index contributed by atoms with van der Waals surface area (Å²) in [5.74, 6) is 0. The molecule has 0 spiro atoms. The van der Waals surface area contributed by atoms with Gasteiger partial charge in [-0.15, -0.1) is 0 Å². The van der Waals surface area contributed by atoms with E-state index in [0.29, 0.717) is 22.5 Å². The van der Waals surface area contributed by atoms with E-state index in [0.717, 1.165) is 0 Å². The van der Waals surface area contributed by atoms with E-state index >= 15 is 0 Å². The lowest BCUT2D eigenvalue weighted by molar-refractivity contribution is -0.549. The van der Waals surface area contributed by atoms with Gasteiger partial charge < -0.3 is 11.5 Å². The summed E-state index contributed by atoms with van der Waals surface area (Å²) in [4.78, 5) is 10.7. The van der Waals surface area contributed by atoms with Crippen LogP contribution in [-0.4, -0.2) is 10.6 Å². The van der Waals surface area contributed by atoms with E-state index in [9.17, 15) is 10.1 Å². The van der Waals surface area contributed by atoms with Crippen molar-refractivity contribution in [2.75, 3.05) is 5.73 Å². The molecule has 94 valence electrons. The topological polar surface area (TPSA) is 121 Å². The Morgan fingerprint density at radius 1 is 1.17 bits per heavy atom. The van der Waals surface area contributed by atoms with Crippen molar-refractivity contribution in [1.29, 1.82) is 0 Å². The Labute approximate surface area is 104 Å². The number of anilines is 1. The van der Waals surface area contributed by atoms with Crippen molar-refractivity contribution in [3.8, 4) is 0 Å². The molecule has 0 bridgehead atoms. The van der Waals surface area contributed by atoms with Crippen LogP contribution in [0, 0.1) is 10.1 Å². The van der Waals surface area contributed by atoms with Crippen molar-refractivity contribution >= 4 is 11.3 Å². The molecule has 18 heavy (non-hydrogen) atoms. The van der Waals surface area contributed by atoms with Crippen LogP contribution >= 0.6 is 0 Å². The molecular weight excluding hydrogens is 232 g/mol. The van der Waals surface area contributed by atoms with E-state index in [1.807, 2.05) is 0 Å². The molecule has 0 saturated carbocycles. The van der Waals surface area contributed by atoms with Gasteiger partial charge in [0.2, 0.25) is 0 Å². The molecule has 6 heteroatoms. The molecule has 1 aromatic rings. The third-order valence-electron chi connectivity index (χ3n) is 2.95. The van der Waals surface area contributed by atoms with Crippen LogP contribution in [0.25, 0.3) is 5.57 Å². The maximum atomic E-state index is 11.2. The minimum atomic E-state index is -1.69. The number of allylic oxidation sites excluding steroid dienone is 2. The summed E-state index contributed by atoms with van der Waals surface area (Å²) in [6.45, 7) is 0. The van der Waals surface area contributed by atoms with Crippen LogP contribution < -0.4 is 17.2 Å². The van der Waals surface area contributed by atoms with Gasteiger partial charge in [-0.3, -0.25) is 15.8 Å². The lowest BCUT2D eigenvalue weighted by Gasteiger charge is -2.26. The van der Waals surface area contributed by atoms with E-state index < -0.39 is 10.6 Å². The third-order valence-corrected chi connectivity index (χ3v) is 2.95. The number of hydrogen-bond donors (Lipinski definition) is 3. The van der Waals surface area contributed by atoms with Crippen LogP contribution in [-0.2, 0) is 0 Å². The summed E-state index contributed by atoms with van der Waals surface area (Å²) in [6.07, 6.45) is 3.23. The summed E-state index contributed by atoms with van der Waals surface area (Å²) in [5.41, 5.74) is 17.5. The van der Waals surface area contributed by atoms with Crippen LogP contribution in [0.2, 0.25) is 0 Å². The smallest absolute Gasteiger partial charge is 0.304 e. The van der Waals surface area contributed by atoms with Crippen LogP contribution in [0.3, 0.4) is 0 Å². The highest BCUT2D eigenvalue weighted by Crippen LogP contribution is 2.33. The third kappa shape index (κ3) is 1.93. The Bertz CT molecular complexity index is 548. The number of nitrogen functional groups attached to an aromatic ring is 1. The monoisotopic (exact) mass is 246 g/mol. The summed E-state index contributed by atoms with van der Waals surface area (Å²) < 4.78 is 0.